The molecule has 12 heavy (non-hydrogen) atoms. The second kappa shape index (κ2) is 2.61. The number of carbonyl (C=O) groups is 1. The Morgan fingerprint density at radius 1 is 1.08 bits per heavy atom. The van der Waals surface area contributed by atoms with E-state index < -0.39 is 0 Å². The third-order valence-electron chi connectivity index (χ3n) is 1.32. The summed E-state index contributed by atoms with van der Waals surface area (Å²) in [5.41, 5.74) is 0. The van der Waals surface area contributed by atoms with Crippen molar-refractivity contribution in [3.63, 3.8) is 0 Å². The van der Waals surface area contributed by atoms with Crippen LogP contribution >= 0.6 is 0 Å². The Kier molecular flexibility index (Phi) is 1.48. The first kappa shape index (κ1) is 6.78. The summed E-state index contributed by atoms with van der Waals surface area (Å²) in [6.07, 6.45) is 10.9. The third-order valence-corrected chi connectivity index (χ3v) is 1.32. The van der Waals surface area contributed by atoms with Gasteiger partial charge in [-0.2, -0.15) is 0 Å². The standard InChI is InChI=1S/C7H4N4O/c12-7(10-3-1-8-5-10)11-4-2-9-6-11/h1-4H. The van der Waals surface area contributed by atoms with Gasteiger partial charge in [0, 0.05) is 24.8 Å². The number of hydrogen-bond acceptors (Lipinski definition) is 3. The van der Waals surface area contributed by atoms with E-state index in [9.17, 15) is 4.79 Å². The summed E-state index contributed by atoms with van der Waals surface area (Å²) in [6, 6.07) is -0.301. The van der Waals surface area contributed by atoms with E-state index in [0.29, 0.717) is 0 Å². The van der Waals surface area contributed by atoms with E-state index in [1.54, 1.807) is 0 Å². The molecule has 5 heteroatoms. The molecule has 58 valence electrons. The van der Waals surface area contributed by atoms with Gasteiger partial charge < -0.3 is 0 Å². The molecule has 2 heterocycles. The average Bonchev–Trinajstić information content (AvgIpc) is 2.77. The van der Waals surface area contributed by atoms with Crippen LogP contribution in [-0.4, -0.2) is 25.1 Å². The Balaban J connectivity index is 2.34. The largest absolute Gasteiger partial charge is 0.339 e. The number of rotatable bonds is 0. The predicted molar refractivity (Wildman–Crippen MR) is 38.3 cm³/mol. The second-order valence-corrected chi connectivity index (χ2v) is 2.08. The quantitative estimate of drug-likeness (QED) is 0.553. The molecule has 0 N–H and O–H groups in total. The van der Waals surface area contributed by atoms with Crippen LogP contribution in [0.25, 0.3) is 0 Å². The molecule has 0 bridgehead atoms. The van der Waals surface area contributed by atoms with Crippen molar-refractivity contribution in [2.45, 2.75) is 0 Å². The first-order valence-electron chi connectivity index (χ1n) is 3.25. The van der Waals surface area contributed by atoms with Crippen molar-refractivity contribution in [3.05, 3.63) is 37.4 Å². The molecule has 0 aliphatic carbocycles. The van der Waals surface area contributed by atoms with E-state index in [2.05, 4.69) is 22.6 Å². The summed E-state index contributed by atoms with van der Waals surface area (Å²) < 4.78 is 2.44. The van der Waals surface area contributed by atoms with Crippen molar-refractivity contribution in [1.82, 2.24) is 19.1 Å². The zero-order valence-electron chi connectivity index (χ0n) is 6.01. The molecule has 0 aliphatic rings. The van der Waals surface area contributed by atoms with Crippen molar-refractivity contribution < 1.29 is 4.79 Å². The molecule has 0 atom stereocenters. The summed E-state index contributed by atoms with van der Waals surface area (Å²) in [4.78, 5) is 18.6. The summed E-state index contributed by atoms with van der Waals surface area (Å²) in [6.45, 7) is 0. The summed E-state index contributed by atoms with van der Waals surface area (Å²) in [7, 11) is 0. The average molecular weight is 160 g/mol. The highest BCUT2D eigenvalue weighted by Gasteiger charge is 2.05. The molecule has 5 nitrogen and oxygen atoms in total. The van der Waals surface area contributed by atoms with Crippen LogP contribution in [0, 0.1) is 12.7 Å². The van der Waals surface area contributed by atoms with Crippen LogP contribution < -0.4 is 0 Å². The molecule has 0 saturated carbocycles. The van der Waals surface area contributed by atoms with Gasteiger partial charge in [-0.3, -0.25) is 0 Å². The molecule has 0 aromatic carbocycles. The topological polar surface area (TPSA) is 52.7 Å². The minimum absolute atomic E-state index is 0.301. The van der Waals surface area contributed by atoms with Crippen LogP contribution in [0.4, 0.5) is 4.79 Å². The van der Waals surface area contributed by atoms with Gasteiger partial charge in [0.05, 0.1) is 0 Å². The van der Waals surface area contributed by atoms with Crippen molar-refractivity contribution in [1.29, 1.82) is 0 Å². The highest BCUT2D eigenvalue weighted by atomic mass is 16.2. The van der Waals surface area contributed by atoms with Crippen LogP contribution in [0.3, 0.4) is 0 Å². The minimum Gasteiger partial charge on any atom is -0.248 e. The second-order valence-electron chi connectivity index (χ2n) is 2.08. The lowest BCUT2D eigenvalue weighted by molar-refractivity contribution is 0.243. The highest BCUT2D eigenvalue weighted by Crippen LogP contribution is 1.90. The predicted octanol–water partition coefficient (Wildman–Crippen LogP) is 0.196. The molecule has 0 saturated heterocycles. The zero-order chi connectivity index (χ0) is 8.39. The smallest absolute Gasteiger partial charge is 0.248 e. The van der Waals surface area contributed by atoms with Gasteiger partial charge in [0.15, 0.2) is 12.7 Å². The van der Waals surface area contributed by atoms with Crippen molar-refractivity contribution in [2.24, 2.45) is 0 Å². The van der Waals surface area contributed by atoms with Gasteiger partial charge in [-0.25, -0.2) is 23.9 Å². The number of imidazole rings is 2. The third kappa shape index (κ3) is 1.01. The lowest BCUT2D eigenvalue weighted by Gasteiger charge is -1.97. The molecular formula is C7H4N4O. The van der Waals surface area contributed by atoms with Crippen LogP contribution in [0.15, 0.2) is 24.8 Å². The van der Waals surface area contributed by atoms with E-state index in [4.69, 9.17) is 0 Å². The van der Waals surface area contributed by atoms with Crippen LogP contribution in [0.1, 0.15) is 0 Å². The summed E-state index contributed by atoms with van der Waals surface area (Å²) in [5, 5.41) is 0. The maximum atomic E-state index is 11.4. The molecule has 0 spiro atoms. The summed E-state index contributed by atoms with van der Waals surface area (Å²) >= 11 is 0. The minimum atomic E-state index is -0.301. The molecule has 0 amide bonds. The van der Waals surface area contributed by atoms with E-state index >= 15 is 0 Å². The van der Waals surface area contributed by atoms with Gasteiger partial charge in [0.25, 0.3) is 0 Å². The SMILES string of the molecule is O=C(n1[c]ncc1)n1[c]ncc1. The lowest BCUT2D eigenvalue weighted by atomic mass is 10.8. The Labute approximate surface area is 68.3 Å². The van der Waals surface area contributed by atoms with Crippen LogP contribution in [-0.2, 0) is 0 Å². The Bertz CT molecular complexity index is 326. The fourth-order valence-electron chi connectivity index (χ4n) is 0.787. The number of aromatic nitrogens is 4. The normalized spacial score (nSPS) is 10.0. The monoisotopic (exact) mass is 160 g/mol. The fraction of sp³-hybridized carbons (Fsp3) is 0. The van der Waals surface area contributed by atoms with Gasteiger partial charge in [-0.15, -0.1) is 0 Å². The van der Waals surface area contributed by atoms with Gasteiger partial charge in [-0.05, 0) is 0 Å². The van der Waals surface area contributed by atoms with Gasteiger partial charge >= 0.3 is 6.03 Å². The number of hydrogen-bond donors (Lipinski definition) is 0. The molecule has 2 aromatic rings. The zero-order valence-corrected chi connectivity index (χ0v) is 6.01. The molecule has 2 aromatic heterocycles. The van der Waals surface area contributed by atoms with E-state index in [-0.39, 0.29) is 6.03 Å². The van der Waals surface area contributed by atoms with E-state index in [1.807, 2.05) is 0 Å². The van der Waals surface area contributed by atoms with Crippen LogP contribution in [0.5, 0.6) is 0 Å². The molecule has 0 fully saturated rings. The fourth-order valence-corrected chi connectivity index (χ4v) is 0.787. The highest BCUT2D eigenvalue weighted by molar-refractivity contribution is 5.78. The lowest BCUT2D eigenvalue weighted by Crippen LogP contribution is -2.16. The number of carbonyl (C=O) groups excluding carboxylic acids is 1. The van der Waals surface area contributed by atoms with Gasteiger partial charge in [0.2, 0.25) is 0 Å². The first-order chi connectivity index (χ1) is 5.88. The maximum Gasteiger partial charge on any atom is 0.339 e. The molecular weight excluding hydrogens is 156 g/mol. The Morgan fingerprint density at radius 2 is 1.58 bits per heavy atom. The first-order valence-corrected chi connectivity index (χ1v) is 3.25. The van der Waals surface area contributed by atoms with Gasteiger partial charge in [0.1, 0.15) is 0 Å². The Morgan fingerprint density at radius 3 is 1.92 bits per heavy atom. The Hall–Kier alpha value is -1.91. The van der Waals surface area contributed by atoms with Crippen molar-refractivity contribution in [3.8, 4) is 0 Å². The van der Waals surface area contributed by atoms with Crippen molar-refractivity contribution >= 4 is 6.03 Å². The van der Waals surface area contributed by atoms with Gasteiger partial charge in [-0.1, -0.05) is 0 Å². The molecule has 2 radical (unpaired) electrons. The number of nitrogens with zero attached hydrogens (tertiary/aromatic N) is 4. The maximum absolute atomic E-state index is 11.4. The summed E-state index contributed by atoms with van der Waals surface area (Å²) in [5.74, 6) is 0. The van der Waals surface area contributed by atoms with Crippen molar-refractivity contribution in [2.75, 3.05) is 0 Å². The molecule has 0 aliphatic heterocycles. The van der Waals surface area contributed by atoms with E-state index in [1.165, 1.54) is 33.9 Å². The van der Waals surface area contributed by atoms with E-state index in [0.717, 1.165) is 0 Å². The molecule has 2 rings (SSSR count). The van der Waals surface area contributed by atoms with Crippen LogP contribution in [0.2, 0.25) is 0 Å². The molecule has 0 unspecified atom stereocenters.